The van der Waals surface area contributed by atoms with Crippen LogP contribution in [-0.4, -0.2) is 21.4 Å². The molecule has 18 heavy (non-hydrogen) atoms. The minimum atomic E-state index is -3.37. The minimum Gasteiger partial charge on any atom is -0.351 e. The number of hydrogen-bond donors (Lipinski definition) is 2. The molecule has 0 unspecified atom stereocenters. The number of hydrogen-bond acceptors (Lipinski definition) is 4. The Bertz CT molecular complexity index is 532. The Hall–Kier alpha value is -0.920. The summed E-state index contributed by atoms with van der Waals surface area (Å²) < 4.78 is 25.6. The number of amides is 1. The van der Waals surface area contributed by atoms with E-state index in [2.05, 4.69) is 10.0 Å². The molecule has 1 saturated carbocycles. The van der Waals surface area contributed by atoms with Crippen LogP contribution in [0.15, 0.2) is 16.3 Å². The largest absolute Gasteiger partial charge is 0.351 e. The fraction of sp³-hybridized carbons (Fsp3) is 0.545. The van der Waals surface area contributed by atoms with Crippen LogP contribution >= 0.6 is 11.3 Å². The molecule has 0 aromatic carbocycles. The molecule has 1 fully saturated rings. The van der Waals surface area contributed by atoms with Crippen LogP contribution < -0.4 is 10.0 Å². The molecule has 100 valence electrons. The summed E-state index contributed by atoms with van der Waals surface area (Å²) in [5, 5.41) is 2.84. The van der Waals surface area contributed by atoms with Gasteiger partial charge < -0.3 is 5.32 Å². The van der Waals surface area contributed by atoms with Crippen LogP contribution in [0.4, 0.5) is 0 Å². The molecule has 0 aliphatic heterocycles. The van der Waals surface area contributed by atoms with Gasteiger partial charge >= 0.3 is 0 Å². The van der Waals surface area contributed by atoms with Crippen LogP contribution in [0, 0.1) is 5.92 Å². The maximum absolute atomic E-state index is 11.6. The first-order valence-electron chi connectivity index (χ1n) is 5.83. The summed E-state index contributed by atoms with van der Waals surface area (Å²) in [6.07, 6.45) is 3.06. The number of sulfonamides is 1. The summed E-state index contributed by atoms with van der Waals surface area (Å²) >= 11 is 1.18. The Morgan fingerprint density at radius 2 is 2.17 bits per heavy atom. The maximum atomic E-state index is 11.6. The molecule has 0 spiro atoms. The number of thiophene rings is 1. The molecule has 5 nitrogen and oxygen atoms in total. The van der Waals surface area contributed by atoms with E-state index >= 15 is 0 Å². The van der Waals surface area contributed by atoms with Crippen molar-refractivity contribution >= 4 is 27.3 Å². The highest BCUT2D eigenvalue weighted by molar-refractivity contribution is 7.91. The second-order valence-electron chi connectivity index (χ2n) is 4.27. The van der Waals surface area contributed by atoms with Gasteiger partial charge in [-0.05, 0) is 32.0 Å². The molecular formula is C11H16N2O3S2. The van der Waals surface area contributed by atoms with Crippen LogP contribution in [-0.2, 0) is 21.4 Å². The van der Waals surface area contributed by atoms with Gasteiger partial charge in [0.1, 0.15) is 4.21 Å². The van der Waals surface area contributed by atoms with Crippen molar-refractivity contribution in [2.45, 2.75) is 30.0 Å². The fourth-order valence-corrected chi connectivity index (χ4v) is 3.82. The first-order chi connectivity index (χ1) is 8.53. The van der Waals surface area contributed by atoms with Crippen molar-refractivity contribution in [3.05, 3.63) is 17.0 Å². The number of nitrogens with one attached hydrogen (secondary N) is 2. The molecule has 1 aliphatic carbocycles. The number of carbonyl (C=O) groups excluding carboxylic acids is 1. The molecular weight excluding hydrogens is 272 g/mol. The zero-order chi connectivity index (χ0) is 13.2. The predicted octanol–water partition coefficient (Wildman–Crippen LogP) is 1.07. The number of carbonyl (C=O) groups is 1. The summed E-state index contributed by atoms with van der Waals surface area (Å²) in [5.74, 6) is 0.234. The van der Waals surface area contributed by atoms with E-state index < -0.39 is 10.0 Å². The molecule has 2 rings (SSSR count). The maximum Gasteiger partial charge on any atom is 0.249 e. The molecule has 1 aliphatic rings. The van der Waals surface area contributed by atoms with Gasteiger partial charge in [0.05, 0.1) is 6.54 Å². The van der Waals surface area contributed by atoms with Crippen LogP contribution in [0.1, 0.15) is 24.1 Å². The average molecular weight is 288 g/mol. The van der Waals surface area contributed by atoms with Crippen molar-refractivity contribution in [3.63, 3.8) is 0 Å². The summed E-state index contributed by atoms with van der Waals surface area (Å²) in [7, 11) is -1.99. The van der Waals surface area contributed by atoms with E-state index in [1.165, 1.54) is 18.4 Å². The van der Waals surface area contributed by atoms with Gasteiger partial charge in [0.25, 0.3) is 0 Å². The van der Waals surface area contributed by atoms with Crippen molar-refractivity contribution in [2.75, 3.05) is 7.05 Å². The smallest absolute Gasteiger partial charge is 0.249 e. The van der Waals surface area contributed by atoms with Gasteiger partial charge in [0.15, 0.2) is 0 Å². The summed E-state index contributed by atoms with van der Waals surface area (Å²) in [5.41, 5.74) is 0. The van der Waals surface area contributed by atoms with Gasteiger partial charge in [0.2, 0.25) is 15.9 Å². The van der Waals surface area contributed by atoms with E-state index in [9.17, 15) is 13.2 Å². The third-order valence-corrected chi connectivity index (χ3v) is 6.07. The van der Waals surface area contributed by atoms with Crippen LogP contribution in [0.5, 0.6) is 0 Å². The van der Waals surface area contributed by atoms with Crippen molar-refractivity contribution < 1.29 is 13.2 Å². The lowest BCUT2D eigenvalue weighted by atomic mass is 9.85. The van der Waals surface area contributed by atoms with Crippen LogP contribution in [0.3, 0.4) is 0 Å². The lowest BCUT2D eigenvalue weighted by molar-refractivity contribution is -0.127. The van der Waals surface area contributed by atoms with E-state index in [0.717, 1.165) is 24.1 Å². The molecule has 0 bridgehead atoms. The molecule has 2 N–H and O–H groups in total. The molecule has 0 radical (unpaired) electrons. The molecule has 1 heterocycles. The van der Waals surface area contributed by atoms with Gasteiger partial charge in [-0.2, -0.15) is 0 Å². The third kappa shape index (κ3) is 2.90. The highest BCUT2D eigenvalue weighted by atomic mass is 32.2. The van der Waals surface area contributed by atoms with E-state index in [1.807, 2.05) is 0 Å². The van der Waals surface area contributed by atoms with Crippen LogP contribution in [0.25, 0.3) is 0 Å². The normalized spacial score (nSPS) is 16.3. The highest BCUT2D eigenvalue weighted by Crippen LogP contribution is 2.26. The second-order valence-corrected chi connectivity index (χ2v) is 7.56. The molecule has 1 amide bonds. The van der Waals surface area contributed by atoms with Crippen molar-refractivity contribution in [1.82, 2.24) is 10.0 Å². The van der Waals surface area contributed by atoms with E-state index in [4.69, 9.17) is 0 Å². The average Bonchev–Trinajstić information content (AvgIpc) is 2.73. The first-order valence-corrected chi connectivity index (χ1v) is 8.13. The Labute approximate surface area is 111 Å². The molecule has 0 saturated heterocycles. The van der Waals surface area contributed by atoms with Crippen molar-refractivity contribution in [2.24, 2.45) is 5.92 Å². The molecule has 1 aromatic rings. The van der Waals surface area contributed by atoms with Gasteiger partial charge in [0, 0.05) is 10.8 Å². The van der Waals surface area contributed by atoms with E-state index in [0.29, 0.717) is 6.54 Å². The molecule has 1 aromatic heterocycles. The summed E-state index contributed by atoms with van der Waals surface area (Å²) in [6.45, 7) is 0.402. The standard InChI is InChI=1S/C11H16N2O3S2/c1-12-18(15,16)10-6-5-9(17-10)7-13-11(14)8-3-2-4-8/h5-6,8,12H,2-4,7H2,1H3,(H,13,14). The third-order valence-electron chi connectivity index (χ3n) is 3.08. The van der Waals surface area contributed by atoms with Gasteiger partial charge in [-0.15, -0.1) is 11.3 Å². The SMILES string of the molecule is CNS(=O)(=O)c1ccc(CNC(=O)C2CCC2)s1. The molecule has 7 heteroatoms. The zero-order valence-corrected chi connectivity index (χ0v) is 11.7. The van der Waals surface area contributed by atoms with E-state index in [1.54, 1.807) is 12.1 Å². The summed E-state index contributed by atoms with van der Waals surface area (Å²) in [6, 6.07) is 3.29. The lowest BCUT2D eigenvalue weighted by Gasteiger charge is -2.23. The highest BCUT2D eigenvalue weighted by Gasteiger charge is 2.25. The monoisotopic (exact) mass is 288 g/mol. The van der Waals surface area contributed by atoms with Crippen LogP contribution in [0.2, 0.25) is 0 Å². The van der Waals surface area contributed by atoms with Crippen molar-refractivity contribution in [1.29, 1.82) is 0 Å². The van der Waals surface area contributed by atoms with Gasteiger partial charge in [-0.25, -0.2) is 13.1 Å². The minimum absolute atomic E-state index is 0.0765. The fourth-order valence-electron chi connectivity index (χ4n) is 1.69. The summed E-state index contributed by atoms with van der Waals surface area (Å²) in [4.78, 5) is 12.5. The Kier molecular flexibility index (Phi) is 4.04. The topological polar surface area (TPSA) is 75.3 Å². The Morgan fingerprint density at radius 3 is 2.72 bits per heavy atom. The van der Waals surface area contributed by atoms with E-state index in [-0.39, 0.29) is 16.0 Å². The molecule has 0 atom stereocenters. The number of rotatable bonds is 5. The quantitative estimate of drug-likeness (QED) is 0.851. The van der Waals surface area contributed by atoms with Gasteiger partial charge in [-0.1, -0.05) is 6.42 Å². The zero-order valence-electron chi connectivity index (χ0n) is 10.1. The Morgan fingerprint density at radius 1 is 1.44 bits per heavy atom. The second kappa shape index (κ2) is 5.38. The lowest BCUT2D eigenvalue weighted by Crippen LogP contribution is -2.33. The van der Waals surface area contributed by atoms with Crippen molar-refractivity contribution in [3.8, 4) is 0 Å². The Balaban J connectivity index is 1.92. The van der Waals surface area contributed by atoms with Gasteiger partial charge in [-0.3, -0.25) is 4.79 Å². The first kappa shape index (κ1) is 13.5. The predicted molar refractivity (Wildman–Crippen MR) is 69.8 cm³/mol.